The van der Waals surface area contributed by atoms with E-state index in [-0.39, 0.29) is 0 Å². The second kappa shape index (κ2) is 5.00. The smallest absolute Gasteiger partial charge is 0.0533 e. The zero-order valence-corrected chi connectivity index (χ0v) is 4.83. The molecule has 1 aliphatic rings. The van der Waals surface area contributed by atoms with Gasteiger partial charge < -0.3 is 0 Å². The van der Waals surface area contributed by atoms with E-state index in [2.05, 4.69) is 0 Å². The average molecular weight is 86.2 g/mol. The lowest BCUT2D eigenvalue weighted by atomic mass is 10.0. The van der Waals surface area contributed by atoms with Gasteiger partial charge in [-0.25, -0.2) is 0 Å². The molecule has 0 radical (unpaired) electrons. The summed E-state index contributed by atoms with van der Waals surface area (Å²) >= 11 is 0. The fraction of sp³-hybridized carbons (Fsp3) is 1.00. The van der Waals surface area contributed by atoms with E-state index in [1.165, 1.54) is 25.7 Å². The van der Waals surface area contributed by atoms with Gasteiger partial charge in [0.15, 0.2) is 0 Å². The third-order valence-corrected chi connectivity index (χ3v) is 1.000. The molecule has 0 spiro atoms. The van der Waals surface area contributed by atoms with E-state index in [1.807, 2.05) is 13.8 Å². The highest BCUT2D eigenvalue weighted by atomic mass is 14.0. The molecule has 0 nitrogen and oxygen atoms in total. The molecule has 0 aromatic carbocycles. The molecule has 1 saturated carbocycles. The Bertz CT molecular complexity index is 8.00. The molecular weight excluding hydrogens is 72.1 g/mol. The van der Waals surface area contributed by atoms with Crippen LogP contribution in [0, 0.1) is 0 Å². The average Bonchev–Trinajstić information content (AvgIpc) is 1.36. The maximum absolute atomic E-state index is 2.00. The van der Waals surface area contributed by atoms with Gasteiger partial charge in [-0.15, -0.1) is 0 Å². The second-order valence-electron chi connectivity index (χ2n) is 1.41. The number of hydrogen-bond acceptors (Lipinski definition) is 0. The van der Waals surface area contributed by atoms with Crippen LogP contribution in [0.4, 0.5) is 0 Å². The molecule has 0 bridgehead atoms. The van der Waals surface area contributed by atoms with Crippen LogP contribution in [0.5, 0.6) is 0 Å². The Kier molecular flexibility index (Phi) is 5.00. The molecule has 0 heteroatoms. The van der Waals surface area contributed by atoms with Crippen molar-refractivity contribution in [2.75, 3.05) is 0 Å². The summed E-state index contributed by atoms with van der Waals surface area (Å²) in [7, 11) is 0. The van der Waals surface area contributed by atoms with Crippen LogP contribution < -0.4 is 0 Å². The normalized spacial score (nSPS) is 17.0. The van der Waals surface area contributed by atoms with Gasteiger partial charge in [0.05, 0.1) is 0 Å². The molecule has 0 amide bonds. The van der Waals surface area contributed by atoms with E-state index < -0.39 is 0 Å². The third kappa shape index (κ3) is 2.25. The molecule has 0 atom stereocenters. The first-order chi connectivity index (χ1) is 3.00. The summed E-state index contributed by atoms with van der Waals surface area (Å²) < 4.78 is 0. The van der Waals surface area contributed by atoms with Gasteiger partial charge in [-0.05, 0) is 0 Å². The number of rotatable bonds is 0. The van der Waals surface area contributed by atoms with E-state index in [0.717, 1.165) is 0 Å². The van der Waals surface area contributed by atoms with E-state index >= 15 is 0 Å². The van der Waals surface area contributed by atoms with E-state index in [9.17, 15) is 0 Å². The fourth-order valence-corrected chi connectivity index (χ4v) is 0.250. The topological polar surface area (TPSA) is 0 Å². The molecule has 0 aromatic rings. The summed E-state index contributed by atoms with van der Waals surface area (Å²) in [5.74, 6) is 0. The van der Waals surface area contributed by atoms with Crippen LogP contribution in [0.1, 0.15) is 39.5 Å². The summed E-state index contributed by atoms with van der Waals surface area (Å²) in [4.78, 5) is 0. The lowest BCUT2D eigenvalue weighted by molar-refractivity contribution is 0.504. The fourth-order valence-electron chi connectivity index (χ4n) is 0.250. The Hall–Kier alpha value is 0. The predicted molar refractivity (Wildman–Crippen MR) is 29.8 cm³/mol. The lowest BCUT2D eigenvalue weighted by Crippen LogP contribution is -1.85. The highest BCUT2D eigenvalue weighted by Gasteiger charge is 1.95. The summed E-state index contributed by atoms with van der Waals surface area (Å²) in [6.07, 6.45) is 6.00. The van der Waals surface area contributed by atoms with Crippen molar-refractivity contribution in [3.05, 3.63) is 0 Å². The minimum atomic E-state index is 1.50. The van der Waals surface area contributed by atoms with Crippen molar-refractivity contribution in [3.63, 3.8) is 0 Å². The Morgan fingerprint density at radius 3 is 0.833 bits per heavy atom. The molecule has 0 unspecified atom stereocenters. The monoisotopic (exact) mass is 86.1 g/mol. The second-order valence-corrected chi connectivity index (χ2v) is 1.41. The van der Waals surface area contributed by atoms with Gasteiger partial charge in [0.25, 0.3) is 0 Å². The molecule has 0 saturated heterocycles. The molecule has 1 rings (SSSR count). The molecule has 0 aromatic heterocycles. The van der Waals surface area contributed by atoms with Crippen LogP contribution in [0.2, 0.25) is 0 Å². The van der Waals surface area contributed by atoms with Crippen LogP contribution in [-0.2, 0) is 0 Å². The van der Waals surface area contributed by atoms with Crippen LogP contribution >= 0.6 is 0 Å². The molecule has 6 heavy (non-hydrogen) atoms. The summed E-state index contributed by atoms with van der Waals surface area (Å²) in [5, 5.41) is 0. The summed E-state index contributed by atoms with van der Waals surface area (Å²) in [6, 6.07) is 0. The zero-order valence-electron chi connectivity index (χ0n) is 4.83. The minimum Gasteiger partial charge on any atom is -0.0683 e. The highest BCUT2D eigenvalue weighted by Crippen LogP contribution is 2.15. The van der Waals surface area contributed by atoms with Crippen LogP contribution in [0.15, 0.2) is 0 Å². The SMILES string of the molecule is C1CCC1.CC. The molecule has 0 N–H and O–H groups in total. The van der Waals surface area contributed by atoms with Crippen LogP contribution in [0.25, 0.3) is 0 Å². The minimum absolute atomic E-state index is 1.50. The van der Waals surface area contributed by atoms with Gasteiger partial charge >= 0.3 is 0 Å². The Morgan fingerprint density at radius 2 is 0.833 bits per heavy atom. The van der Waals surface area contributed by atoms with Crippen molar-refractivity contribution in [3.8, 4) is 0 Å². The van der Waals surface area contributed by atoms with Gasteiger partial charge in [-0.3, -0.25) is 0 Å². The number of hydrogen-bond donors (Lipinski definition) is 0. The maximum atomic E-state index is 2.00. The maximum Gasteiger partial charge on any atom is -0.0533 e. The first kappa shape index (κ1) is 6.00. The van der Waals surface area contributed by atoms with Crippen molar-refractivity contribution in [2.45, 2.75) is 39.5 Å². The highest BCUT2D eigenvalue weighted by molar-refractivity contribution is 4.50. The summed E-state index contributed by atoms with van der Waals surface area (Å²) in [6.45, 7) is 4.00. The molecule has 0 aliphatic heterocycles. The van der Waals surface area contributed by atoms with Gasteiger partial charge in [0.2, 0.25) is 0 Å². The van der Waals surface area contributed by atoms with Crippen molar-refractivity contribution >= 4 is 0 Å². The van der Waals surface area contributed by atoms with Crippen LogP contribution in [-0.4, -0.2) is 0 Å². The largest absolute Gasteiger partial charge is 0.0683 e. The van der Waals surface area contributed by atoms with Crippen molar-refractivity contribution < 1.29 is 0 Å². The van der Waals surface area contributed by atoms with Crippen molar-refractivity contribution in [1.29, 1.82) is 0 Å². The van der Waals surface area contributed by atoms with E-state index in [0.29, 0.717) is 0 Å². The van der Waals surface area contributed by atoms with Gasteiger partial charge in [-0.1, -0.05) is 39.5 Å². The van der Waals surface area contributed by atoms with E-state index in [4.69, 9.17) is 0 Å². The molecule has 0 heterocycles. The standard InChI is InChI=1S/C4H8.C2H6/c1-2-4-3-1;1-2/h1-4H2;1-2H3. The Labute approximate surface area is 40.6 Å². The summed E-state index contributed by atoms with van der Waals surface area (Å²) in [5.41, 5.74) is 0. The van der Waals surface area contributed by atoms with Gasteiger partial charge in [0.1, 0.15) is 0 Å². The Balaban J connectivity index is 0.000000112. The van der Waals surface area contributed by atoms with Crippen molar-refractivity contribution in [1.82, 2.24) is 0 Å². The lowest BCUT2D eigenvalue weighted by Gasteiger charge is -2.05. The molecule has 1 fully saturated rings. The molecule has 38 valence electrons. The quantitative estimate of drug-likeness (QED) is 0.425. The Morgan fingerprint density at radius 1 is 0.667 bits per heavy atom. The first-order valence-electron chi connectivity index (χ1n) is 3.00. The van der Waals surface area contributed by atoms with E-state index in [1.54, 1.807) is 0 Å². The first-order valence-corrected chi connectivity index (χ1v) is 3.00. The third-order valence-electron chi connectivity index (χ3n) is 1.000. The van der Waals surface area contributed by atoms with Crippen molar-refractivity contribution in [2.24, 2.45) is 0 Å². The zero-order chi connectivity index (χ0) is 4.83. The van der Waals surface area contributed by atoms with Crippen LogP contribution in [0.3, 0.4) is 0 Å². The molecule has 1 aliphatic carbocycles. The predicted octanol–water partition coefficient (Wildman–Crippen LogP) is 2.59. The molecular formula is C6H14. The van der Waals surface area contributed by atoms with Gasteiger partial charge in [0, 0.05) is 0 Å². The van der Waals surface area contributed by atoms with Gasteiger partial charge in [-0.2, -0.15) is 0 Å².